The van der Waals surface area contributed by atoms with E-state index in [9.17, 15) is 9.59 Å². The van der Waals surface area contributed by atoms with E-state index in [1.807, 2.05) is 20.8 Å². The number of amides is 1. The molecule has 1 N–H and O–H groups in total. The third kappa shape index (κ3) is 4.28. The van der Waals surface area contributed by atoms with Gasteiger partial charge in [-0.3, -0.25) is 9.59 Å². The van der Waals surface area contributed by atoms with Crippen LogP contribution in [0, 0.1) is 5.92 Å². The lowest BCUT2D eigenvalue weighted by Crippen LogP contribution is -2.43. The van der Waals surface area contributed by atoms with Gasteiger partial charge in [0.1, 0.15) is 15.3 Å². The number of halogens is 3. The summed E-state index contributed by atoms with van der Waals surface area (Å²) >= 11 is 19.8. The molecule has 0 saturated carbocycles. The van der Waals surface area contributed by atoms with Gasteiger partial charge in [0.05, 0.1) is 10.0 Å². The molecule has 1 atom stereocenters. The van der Waals surface area contributed by atoms with E-state index in [0.717, 1.165) is 11.3 Å². The Morgan fingerprint density at radius 3 is 2.25 bits per heavy atom. The Hall–Kier alpha value is 0.0600. The van der Waals surface area contributed by atoms with Gasteiger partial charge in [0.15, 0.2) is 0 Å². The van der Waals surface area contributed by atoms with E-state index < -0.39 is 11.9 Å². The molecule has 8 heteroatoms. The van der Waals surface area contributed by atoms with Crippen molar-refractivity contribution in [3.05, 3.63) is 19.3 Å². The largest absolute Gasteiger partial charge is 0.340 e. The van der Waals surface area contributed by atoms with Crippen LogP contribution < -0.4 is 5.32 Å². The van der Waals surface area contributed by atoms with Gasteiger partial charge in [0, 0.05) is 0 Å². The number of hydrogen-bond donors (Lipinski definition) is 1. The third-order valence-electron chi connectivity index (χ3n) is 2.46. The zero-order valence-corrected chi connectivity index (χ0v) is 15.0. The Kier molecular flexibility index (Phi) is 7.15. The summed E-state index contributed by atoms with van der Waals surface area (Å²) in [6, 6.07) is -0.567. The van der Waals surface area contributed by atoms with Crippen molar-refractivity contribution in [2.75, 3.05) is 5.75 Å². The lowest BCUT2D eigenvalue weighted by molar-refractivity contribution is -0.113. The van der Waals surface area contributed by atoms with Crippen molar-refractivity contribution < 1.29 is 9.59 Å². The molecule has 0 aliphatic carbocycles. The first-order valence-corrected chi connectivity index (χ1v) is 8.83. The van der Waals surface area contributed by atoms with Gasteiger partial charge >= 0.3 is 0 Å². The molecule has 0 radical (unpaired) electrons. The molecular formula is C12H14Cl3NO2S2. The Labute approximate surface area is 141 Å². The predicted molar refractivity (Wildman–Crippen MR) is 88.6 cm³/mol. The van der Waals surface area contributed by atoms with Crippen LogP contribution in [0.4, 0.5) is 0 Å². The molecule has 1 rings (SSSR count). The standard InChI is InChI=1S/C12H14Cl3NO2S2/c1-4-19-12(18)8(5(2)3)16-11(17)9-6(13)7(14)10(15)20-9/h5,8H,4H2,1-3H3,(H,16,17). The maximum atomic E-state index is 12.2. The normalized spacial score (nSPS) is 12.6. The summed E-state index contributed by atoms with van der Waals surface area (Å²) in [5, 5.41) is 2.92. The Morgan fingerprint density at radius 2 is 1.85 bits per heavy atom. The highest BCUT2D eigenvalue weighted by molar-refractivity contribution is 8.13. The molecule has 0 aliphatic rings. The molecule has 0 spiro atoms. The highest BCUT2D eigenvalue weighted by atomic mass is 35.5. The van der Waals surface area contributed by atoms with Crippen molar-refractivity contribution in [3.8, 4) is 0 Å². The van der Waals surface area contributed by atoms with Crippen LogP contribution in [0.15, 0.2) is 0 Å². The molecule has 1 unspecified atom stereocenters. The van der Waals surface area contributed by atoms with Gasteiger partial charge in [-0.05, 0) is 11.7 Å². The van der Waals surface area contributed by atoms with Gasteiger partial charge < -0.3 is 5.32 Å². The van der Waals surface area contributed by atoms with Crippen LogP contribution in [-0.4, -0.2) is 22.8 Å². The van der Waals surface area contributed by atoms with E-state index in [-0.39, 0.29) is 30.3 Å². The molecule has 0 aliphatic heterocycles. The second-order valence-electron chi connectivity index (χ2n) is 4.28. The van der Waals surface area contributed by atoms with Crippen LogP contribution >= 0.6 is 57.9 Å². The van der Waals surface area contributed by atoms with E-state index in [1.165, 1.54) is 11.8 Å². The van der Waals surface area contributed by atoms with E-state index in [4.69, 9.17) is 34.8 Å². The van der Waals surface area contributed by atoms with Gasteiger partial charge in [-0.2, -0.15) is 0 Å². The number of carbonyl (C=O) groups is 2. The first kappa shape index (κ1) is 18.1. The molecule has 0 bridgehead atoms. The minimum absolute atomic E-state index is 0.0184. The Balaban J connectivity index is 2.91. The predicted octanol–water partition coefficient (Wildman–Crippen LogP) is 4.74. The van der Waals surface area contributed by atoms with Crippen LogP contribution in [0.2, 0.25) is 14.4 Å². The van der Waals surface area contributed by atoms with Crippen LogP contribution in [0.1, 0.15) is 30.4 Å². The lowest BCUT2D eigenvalue weighted by Gasteiger charge is -2.20. The van der Waals surface area contributed by atoms with Gasteiger partial charge in [-0.15, -0.1) is 11.3 Å². The van der Waals surface area contributed by atoms with Crippen LogP contribution in [0.3, 0.4) is 0 Å². The minimum atomic E-state index is -0.567. The molecule has 1 aromatic heterocycles. The molecule has 0 aromatic carbocycles. The second-order valence-corrected chi connectivity index (χ2v) is 7.93. The summed E-state index contributed by atoms with van der Waals surface area (Å²) in [7, 11) is 0. The summed E-state index contributed by atoms with van der Waals surface area (Å²) in [4.78, 5) is 24.4. The monoisotopic (exact) mass is 373 g/mol. The number of thiophene rings is 1. The molecule has 1 aromatic rings. The number of thioether (sulfide) groups is 1. The topological polar surface area (TPSA) is 46.2 Å². The second kappa shape index (κ2) is 7.90. The highest BCUT2D eigenvalue weighted by Gasteiger charge is 2.27. The number of hydrogen-bond acceptors (Lipinski definition) is 4. The summed E-state index contributed by atoms with van der Waals surface area (Å²) < 4.78 is 0.261. The zero-order valence-electron chi connectivity index (χ0n) is 11.1. The molecule has 1 heterocycles. The van der Waals surface area contributed by atoms with Crippen LogP contribution in [-0.2, 0) is 4.79 Å². The van der Waals surface area contributed by atoms with Crippen molar-refractivity contribution in [1.82, 2.24) is 5.32 Å². The summed E-state index contributed by atoms with van der Waals surface area (Å²) in [6.07, 6.45) is 0. The van der Waals surface area contributed by atoms with Crippen LogP contribution in [0.25, 0.3) is 0 Å². The number of nitrogens with one attached hydrogen (secondary N) is 1. The fourth-order valence-corrected chi connectivity index (χ4v) is 3.95. The third-order valence-corrected chi connectivity index (χ3v) is 5.85. The molecule has 0 fully saturated rings. The summed E-state index contributed by atoms with van der Waals surface area (Å²) in [6.45, 7) is 5.63. The average molecular weight is 375 g/mol. The van der Waals surface area contributed by atoms with Crippen molar-refractivity contribution in [1.29, 1.82) is 0 Å². The van der Waals surface area contributed by atoms with Gasteiger partial charge in [-0.25, -0.2) is 0 Å². The van der Waals surface area contributed by atoms with Gasteiger partial charge in [0.25, 0.3) is 5.91 Å². The van der Waals surface area contributed by atoms with Crippen LogP contribution in [0.5, 0.6) is 0 Å². The van der Waals surface area contributed by atoms with E-state index in [1.54, 1.807) is 0 Å². The smallest absolute Gasteiger partial charge is 0.263 e. The first-order chi connectivity index (χ1) is 9.29. The fourth-order valence-electron chi connectivity index (χ4n) is 1.45. The molecule has 3 nitrogen and oxygen atoms in total. The number of carbonyl (C=O) groups excluding carboxylic acids is 2. The van der Waals surface area contributed by atoms with Crippen molar-refractivity contribution >= 4 is 68.9 Å². The van der Waals surface area contributed by atoms with Gasteiger partial charge in [0.2, 0.25) is 5.12 Å². The average Bonchev–Trinajstić information content (AvgIpc) is 2.63. The maximum absolute atomic E-state index is 12.2. The minimum Gasteiger partial charge on any atom is -0.340 e. The molecule has 112 valence electrons. The molecule has 0 saturated heterocycles. The highest BCUT2D eigenvalue weighted by Crippen LogP contribution is 2.40. The first-order valence-electron chi connectivity index (χ1n) is 5.90. The summed E-state index contributed by atoms with van der Waals surface area (Å²) in [5.74, 6) is 0.211. The number of rotatable bonds is 5. The summed E-state index contributed by atoms with van der Waals surface area (Å²) in [5.41, 5.74) is 0. The Morgan fingerprint density at radius 1 is 1.25 bits per heavy atom. The Bertz CT molecular complexity index is 517. The van der Waals surface area contributed by atoms with E-state index in [2.05, 4.69) is 5.32 Å². The van der Waals surface area contributed by atoms with E-state index in [0.29, 0.717) is 5.75 Å². The van der Waals surface area contributed by atoms with Crippen molar-refractivity contribution in [2.24, 2.45) is 5.92 Å². The maximum Gasteiger partial charge on any atom is 0.263 e. The van der Waals surface area contributed by atoms with Crippen molar-refractivity contribution in [3.63, 3.8) is 0 Å². The van der Waals surface area contributed by atoms with Gasteiger partial charge in [-0.1, -0.05) is 67.3 Å². The SMILES string of the molecule is CCSC(=O)C(NC(=O)c1sc(Cl)c(Cl)c1Cl)C(C)C. The quantitative estimate of drug-likeness (QED) is 0.809. The lowest BCUT2D eigenvalue weighted by atomic mass is 10.1. The fraction of sp³-hybridized carbons (Fsp3) is 0.500. The molecule has 1 amide bonds. The van der Waals surface area contributed by atoms with E-state index >= 15 is 0 Å². The molecule has 20 heavy (non-hydrogen) atoms. The molecular weight excluding hydrogens is 361 g/mol. The van der Waals surface area contributed by atoms with Crippen molar-refractivity contribution in [2.45, 2.75) is 26.8 Å². The zero-order chi connectivity index (χ0) is 15.4.